The van der Waals surface area contributed by atoms with E-state index in [4.69, 9.17) is 0 Å². The normalized spacial score (nSPS) is 22.4. The first-order valence-corrected chi connectivity index (χ1v) is 3.97. The highest BCUT2D eigenvalue weighted by Gasteiger charge is 1.79. The van der Waals surface area contributed by atoms with Crippen molar-refractivity contribution >= 4 is 0 Å². The largest absolute Gasteiger partial charge is 0.0882 e. The smallest absolute Gasteiger partial charge is 0.0313 e. The Hall–Kier alpha value is -0.780. The third-order valence-corrected chi connectivity index (χ3v) is 1.55. The number of rotatable bonds is 0. The average molecular weight is 134 g/mol. The van der Waals surface area contributed by atoms with Crippen molar-refractivity contribution in [3.8, 4) is 0 Å². The van der Waals surface area contributed by atoms with Crippen LogP contribution in [0.2, 0.25) is 0 Å². The molecule has 0 heterocycles. The minimum absolute atomic E-state index is 1.18. The van der Waals surface area contributed by atoms with E-state index in [0.29, 0.717) is 0 Å². The summed E-state index contributed by atoms with van der Waals surface area (Å²) in [4.78, 5) is 0. The first-order valence-electron chi connectivity index (χ1n) is 3.97. The zero-order valence-corrected chi connectivity index (χ0v) is 6.29. The molecular weight excluding hydrogens is 120 g/mol. The monoisotopic (exact) mass is 134 g/mol. The van der Waals surface area contributed by atoms with Gasteiger partial charge in [0.1, 0.15) is 0 Å². The minimum atomic E-state index is 1.18. The molecule has 1 aliphatic rings. The molecule has 0 spiro atoms. The number of allylic oxidation sites excluding steroid dienone is 6. The van der Waals surface area contributed by atoms with Crippen LogP contribution in [-0.2, 0) is 0 Å². The molecular formula is C10H14. The Morgan fingerprint density at radius 3 is 1.40 bits per heavy atom. The van der Waals surface area contributed by atoms with Gasteiger partial charge >= 0.3 is 0 Å². The predicted octanol–water partition coefficient (Wildman–Crippen LogP) is 3.23. The topological polar surface area (TPSA) is 0 Å². The highest BCUT2D eigenvalue weighted by molar-refractivity contribution is 5.04. The summed E-state index contributed by atoms with van der Waals surface area (Å²) in [6.07, 6.45) is 18.0. The van der Waals surface area contributed by atoms with Crippen LogP contribution in [0, 0.1) is 0 Å². The van der Waals surface area contributed by atoms with Crippen molar-refractivity contribution in [3.63, 3.8) is 0 Å². The number of hydrogen-bond donors (Lipinski definition) is 0. The Morgan fingerprint density at radius 1 is 0.500 bits per heavy atom. The molecule has 54 valence electrons. The lowest BCUT2D eigenvalue weighted by atomic mass is 10.2. The second-order valence-corrected chi connectivity index (χ2v) is 2.48. The van der Waals surface area contributed by atoms with E-state index in [2.05, 4.69) is 36.5 Å². The maximum atomic E-state index is 2.27. The highest BCUT2D eigenvalue weighted by Crippen LogP contribution is 2.00. The fraction of sp³-hybridized carbons (Fsp3) is 0.400. The standard InChI is InChI=1S/C10H14/c1-2-4-6-8-10-9-7-5-3-1/h1-4,9-10H,5-8H2/b3-1?,4-2?,10-9+. The molecule has 0 unspecified atom stereocenters. The second-order valence-electron chi connectivity index (χ2n) is 2.48. The van der Waals surface area contributed by atoms with Gasteiger partial charge in [0.15, 0.2) is 0 Å². The van der Waals surface area contributed by atoms with Gasteiger partial charge in [-0.25, -0.2) is 0 Å². The summed E-state index contributed by atoms with van der Waals surface area (Å²) < 4.78 is 0. The van der Waals surface area contributed by atoms with E-state index in [-0.39, 0.29) is 0 Å². The van der Waals surface area contributed by atoms with E-state index in [0.717, 1.165) is 0 Å². The molecule has 0 aliphatic heterocycles. The van der Waals surface area contributed by atoms with Gasteiger partial charge in [-0.1, -0.05) is 36.5 Å². The van der Waals surface area contributed by atoms with Crippen molar-refractivity contribution in [2.24, 2.45) is 0 Å². The summed E-state index contributed by atoms with van der Waals surface area (Å²) in [5, 5.41) is 0. The molecule has 0 aromatic heterocycles. The zero-order chi connectivity index (χ0) is 7.07. The van der Waals surface area contributed by atoms with Crippen molar-refractivity contribution in [1.29, 1.82) is 0 Å². The maximum absolute atomic E-state index is 2.27. The van der Waals surface area contributed by atoms with E-state index in [9.17, 15) is 0 Å². The van der Waals surface area contributed by atoms with Gasteiger partial charge in [-0.2, -0.15) is 0 Å². The van der Waals surface area contributed by atoms with Crippen molar-refractivity contribution < 1.29 is 0 Å². The molecule has 1 rings (SSSR count). The Balaban J connectivity index is 2.38. The minimum Gasteiger partial charge on any atom is -0.0882 e. The summed E-state index contributed by atoms with van der Waals surface area (Å²) in [5.74, 6) is 0. The molecule has 0 saturated heterocycles. The molecule has 0 N–H and O–H groups in total. The summed E-state index contributed by atoms with van der Waals surface area (Å²) in [5.41, 5.74) is 0. The van der Waals surface area contributed by atoms with Crippen molar-refractivity contribution in [2.75, 3.05) is 0 Å². The second kappa shape index (κ2) is 5.04. The van der Waals surface area contributed by atoms with Crippen molar-refractivity contribution in [1.82, 2.24) is 0 Å². The van der Waals surface area contributed by atoms with Gasteiger partial charge in [-0.3, -0.25) is 0 Å². The van der Waals surface area contributed by atoms with Crippen LogP contribution < -0.4 is 0 Å². The molecule has 0 nitrogen and oxygen atoms in total. The quantitative estimate of drug-likeness (QED) is 0.446. The van der Waals surface area contributed by atoms with Crippen LogP contribution in [0.4, 0.5) is 0 Å². The molecule has 0 amide bonds. The van der Waals surface area contributed by atoms with Gasteiger partial charge in [-0.05, 0) is 25.7 Å². The lowest BCUT2D eigenvalue weighted by Gasteiger charge is -1.90. The molecule has 0 saturated carbocycles. The van der Waals surface area contributed by atoms with Crippen molar-refractivity contribution in [2.45, 2.75) is 25.7 Å². The van der Waals surface area contributed by atoms with E-state index in [1.807, 2.05) is 0 Å². The first kappa shape index (κ1) is 7.33. The predicted molar refractivity (Wildman–Crippen MR) is 45.9 cm³/mol. The van der Waals surface area contributed by atoms with E-state index < -0.39 is 0 Å². The van der Waals surface area contributed by atoms with Crippen LogP contribution >= 0.6 is 0 Å². The van der Waals surface area contributed by atoms with Gasteiger partial charge in [0.25, 0.3) is 0 Å². The summed E-state index contributed by atoms with van der Waals surface area (Å²) in [6.45, 7) is 0. The van der Waals surface area contributed by atoms with Crippen LogP contribution in [0.25, 0.3) is 0 Å². The maximum Gasteiger partial charge on any atom is -0.0313 e. The summed E-state index contributed by atoms with van der Waals surface area (Å²) >= 11 is 0. The third kappa shape index (κ3) is 3.29. The Bertz CT molecular complexity index is 131. The fourth-order valence-electron chi connectivity index (χ4n) is 0.970. The molecule has 0 fully saturated rings. The Kier molecular flexibility index (Phi) is 3.69. The molecule has 0 radical (unpaired) electrons. The third-order valence-electron chi connectivity index (χ3n) is 1.55. The summed E-state index contributed by atoms with van der Waals surface area (Å²) in [6, 6.07) is 0. The molecule has 0 atom stereocenters. The molecule has 0 bridgehead atoms. The van der Waals surface area contributed by atoms with Gasteiger partial charge in [0.2, 0.25) is 0 Å². The van der Waals surface area contributed by atoms with Crippen LogP contribution in [-0.4, -0.2) is 0 Å². The van der Waals surface area contributed by atoms with E-state index in [1.54, 1.807) is 0 Å². The van der Waals surface area contributed by atoms with Crippen LogP contribution in [0.5, 0.6) is 0 Å². The highest BCUT2D eigenvalue weighted by atomic mass is 13.9. The van der Waals surface area contributed by atoms with Gasteiger partial charge in [0.05, 0.1) is 0 Å². The van der Waals surface area contributed by atoms with Crippen LogP contribution in [0.15, 0.2) is 36.5 Å². The van der Waals surface area contributed by atoms with Gasteiger partial charge in [0, 0.05) is 0 Å². The average Bonchev–Trinajstić information content (AvgIpc) is 2.01. The van der Waals surface area contributed by atoms with Crippen molar-refractivity contribution in [3.05, 3.63) is 36.5 Å². The van der Waals surface area contributed by atoms with Gasteiger partial charge in [-0.15, -0.1) is 0 Å². The van der Waals surface area contributed by atoms with E-state index >= 15 is 0 Å². The molecule has 0 heteroatoms. The molecule has 0 aromatic rings. The van der Waals surface area contributed by atoms with E-state index in [1.165, 1.54) is 25.7 Å². The molecule has 0 aromatic carbocycles. The molecule has 1 aliphatic carbocycles. The van der Waals surface area contributed by atoms with Crippen LogP contribution in [0.3, 0.4) is 0 Å². The van der Waals surface area contributed by atoms with Crippen LogP contribution in [0.1, 0.15) is 25.7 Å². The zero-order valence-electron chi connectivity index (χ0n) is 6.29. The Labute approximate surface area is 62.9 Å². The Morgan fingerprint density at radius 2 is 0.900 bits per heavy atom. The summed E-state index contributed by atoms with van der Waals surface area (Å²) in [7, 11) is 0. The lowest BCUT2D eigenvalue weighted by molar-refractivity contribution is 0.998. The number of hydrogen-bond acceptors (Lipinski definition) is 0. The van der Waals surface area contributed by atoms with Gasteiger partial charge < -0.3 is 0 Å². The first-order chi connectivity index (χ1) is 5.00. The fourth-order valence-corrected chi connectivity index (χ4v) is 0.970. The SMILES string of the molecule is C1=CCC/C=C/CCC=C1. The molecule has 10 heavy (non-hydrogen) atoms. The lowest BCUT2D eigenvalue weighted by Crippen LogP contribution is -1.69.